The van der Waals surface area contributed by atoms with Crippen molar-refractivity contribution in [2.24, 2.45) is 0 Å². The highest BCUT2D eigenvalue weighted by Crippen LogP contribution is 2.36. The van der Waals surface area contributed by atoms with Gasteiger partial charge >= 0.3 is 12.4 Å². The van der Waals surface area contributed by atoms with Crippen LogP contribution in [0.5, 0.6) is 0 Å². The first-order valence-electron chi connectivity index (χ1n) is 9.90. The Bertz CT molecular complexity index is 1210. The van der Waals surface area contributed by atoms with Crippen molar-refractivity contribution >= 4 is 17.6 Å². The number of hydrogen-bond donors (Lipinski definition) is 2. The van der Waals surface area contributed by atoms with Crippen LogP contribution in [-0.2, 0) is 12.4 Å². The normalized spacial score (nSPS) is 17.9. The van der Waals surface area contributed by atoms with Gasteiger partial charge in [0.05, 0.1) is 0 Å². The van der Waals surface area contributed by atoms with Crippen LogP contribution in [0, 0.1) is 0 Å². The van der Waals surface area contributed by atoms with Gasteiger partial charge in [0, 0.05) is 37.0 Å². The van der Waals surface area contributed by atoms with E-state index in [2.05, 4.69) is 40.5 Å². The molecule has 0 saturated heterocycles. The largest absolute Gasteiger partial charge is 0.451 e. The van der Waals surface area contributed by atoms with Gasteiger partial charge in [0.25, 0.3) is 0 Å². The van der Waals surface area contributed by atoms with Crippen molar-refractivity contribution in [1.82, 2.24) is 29.9 Å². The van der Waals surface area contributed by atoms with Gasteiger partial charge in [0.1, 0.15) is 11.4 Å². The lowest BCUT2D eigenvalue weighted by molar-refractivity contribution is -0.145. The zero-order valence-corrected chi connectivity index (χ0v) is 17.3. The summed E-state index contributed by atoms with van der Waals surface area (Å²) in [4.78, 5) is 21.6. The lowest BCUT2D eigenvalue weighted by Gasteiger charge is -2.15. The monoisotopic (exact) mass is 506 g/mol. The summed E-state index contributed by atoms with van der Waals surface area (Å²) in [5.74, 6) is -5.42. The molecule has 1 fully saturated rings. The number of nitrogens with zero attached hydrogens (tertiary/aromatic N) is 6. The van der Waals surface area contributed by atoms with E-state index in [1.54, 1.807) is 0 Å². The minimum atomic E-state index is -4.87. The van der Waals surface area contributed by atoms with E-state index in [1.165, 1.54) is 6.07 Å². The van der Waals surface area contributed by atoms with Crippen LogP contribution in [0.4, 0.5) is 52.7 Å². The summed E-state index contributed by atoms with van der Waals surface area (Å²) in [7, 11) is 0. The first kappa shape index (κ1) is 24.4. The van der Waals surface area contributed by atoms with Crippen LogP contribution >= 0.6 is 0 Å². The summed E-state index contributed by atoms with van der Waals surface area (Å²) >= 11 is 0. The Morgan fingerprint density at radius 1 is 0.857 bits per heavy atom. The van der Waals surface area contributed by atoms with E-state index in [9.17, 15) is 35.1 Å². The number of anilines is 3. The molecule has 1 aliphatic carbocycles. The smallest absolute Gasteiger partial charge is 0.351 e. The van der Waals surface area contributed by atoms with Gasteiger partial charge < -0.3 is 10.6 Å². The fourth-order valence-electron chi connectivity index (χ4n) is 3.28. The van der Waals surface area contributed by atoms with Gasteiger partial charge in [-0.25, -0.2) is 18.7 Å². The summed E-state index contributed by atoms with van der Waals surface area (Å²) in [6.45, 7) is 0. The van der Waals surface area contributed by atoms with Crippen LogP contribution < -0.4 is 10.6 Å². The molecule has 0 spiro atoms. The summed E-state index contributed by atoms with van der Waals surface area (Å²) in [6.07, 6.45) is -8.74. The molecule has 3 heterocycles. The number of pyridine rings is 1. The molecule has 2 N–H and O–H groups in total. The molecule has 3 aromatic rings. The minimum absolute atomic E-state index is 0.0712. The van der Waals surface area contributed by atoms with E-state index in [4.69, 9.17) is 0 Å². The van der Waals surface area contributed by atoms with E-state index in [0.717, 1.165) is 18.5 Å². The van der Waals surface area contributed by atoms with Crippen molar-refractivity contribution in [3.05, 3.63) is 42.1 Å². The molecule has 4 rings (SSSR count). The third-order valence-electron chi connectivity index (χ3n) is 4.82. The molecule has 0 aliphatic heterocycles. The van der Waals surface area contributed by atoms with Crippen LogP contribution in [0.15, 0.2) is 30.6 Å². The van der Waals surface area contributed by atoms with Crippen LogP contribution in [0.3, 0.4) is 0 Å². The number of rotatable bonds is 5. The Kier molecular flexibility index (Phi) is 6.14. The van der Waals surface area contributed by atoms with Crippen LogP contribution in [0.2, 0.25) is 0 Å². The maximum Gasteiger partial charge on any atom is 0.451 e. The summed E-state index contributed by atoms with van der Waals surface area (Å²) < 4.78 is 105. The van der Waals surface area contributed by atoms with Crippen molar-refractivity contribution in [3.8, 4) is 11.5 Å². The molecule has 16 heteroatoms. The molecule has 0 bridgehead atoms. The molecule has 1 saturated carbocycles. The van der Waals surface area contributed by atoms with Gasteiger partial charge in [-0.1, -0.05) is 0 Å². The highest BCUT2D eigenvalue weighted by Gasteiger charge is 2.40. The van der Waals surface area contributed by atoms with Crippen LogP contribution in [0.25, 0.3) is 11.5 Å². The predicted molar refractivity (Wildman–Crippen MR) is 105 cm³/mol. The number of hydrogen-bond acceptors (Lipinski definition) is 8. The zero-order chi connectivity index (χ0) is 25.4. The molecular formula is C19H14F8N8. The number of aromatic nitrogens is 6. The second kappa shape index (κ2) is 8.81. The van der Waals surface area contributed by atoms with E-state index < -0.39 is 48.1 Å². The Morgan fingerprint density at radius 2 is 1.57 bits per heavy atom. The highest BCUT2D eigenvalue weighted by atomic mass is 19.4. The SMILES string of the molecule is FC1(F)CC[C@H](Nc2nc(Nc3ccnc(C(F)(F)F)c3)nc(-c3ccnc(C(F)(F)F)n3)n2)C1. The highest BCUT2D eigenvalue weighted by molar-refractivity contribution is 5.59. The molecule has 0 amide bonds. The molecule has 0 aromatic carbocycles. The molecular weight excluding hydrogens is 492 g/mol. The molecule has 1 atom stereocenters. The molecule has 186 valence electrons. The van der Waals surface area contributed by atoms with E-state index in [1.807, 2.05) is 0 Å². The van der Waals surface area contributed by atoms with Crippen molar-refractivity contribution in [3.63, 3.8) is 0 Å². The minimum Gasteiger partial charge on any atom is -0.351 e. The van der Waals surface area contributed by atoms with Gasteiger partial charge in [-0.15, -0.1) is 0 Å². The van der Waals surface area contributed by atoms with E-state index in [0.29, 0.717) is 6.07 Å². The van der Waals surface area contributed by atoms with Crippen molar-refractivity contribution in [2.45, 2.75) is 43.6 Å². The Labute approximate surface area is 191 Å². The third kappa shape index (κ3) is 6.05. The van der Waals surface area contributed by atoms with Crippen LogP contribution in [-0.4, -0.2) is 41.9 Å². The number of halogens is 8. The average Bonchev–Trinajstić information content (AvgIpc) is 3.10. The van der Waals surface area contributed by atoms with E-state index >= 15 is 0 Å². The summed E-state index contributed by atoms with van der Waals surface area (Å²) in [6, 6.07) is 2.17. The molecule has 35 heavy (non-hydrogen) atoms. The van der Waals surface area contributed by atoms with Gasteiger partial charge in [-0.05, 0) is 24.6 Å². The Morgan fingerprint density at radius 3 is 2.23 bits per heavy atom. The second-order valence-corrected chi connectivity index (χ2v) is 7.56. The van der Waals surface area contributed by atoms with E-state index in [-0.39, 0.29) is 36.1 Å². The Hall–Kier alpha value is -3.72. The number of alkyl halides is 8. The lowest BCUT2D eigenvalue weighted by atomic mass is 10.2. The first-order chi connectivity index (χ1) is 16.3. The molecule has 1 aliphatic rings. The second-order valence-electron chi connectivity index (χ2n) is 7.56. The van der Waals surface area contributed by atoms with Crippen molar-refractivity contribution < 1.29 is 35.1 Å². The fourth-order valence-corrected chi connectivity index (χ4v) is 3.28. The Balaban J connectivity index is 1.71. The third-order valence-corrected chi connectivity index (χ3v) is 4.82. The topological polar surface area (TPSA) is 101 Å². The van der Waals surface area contributed by atoms with Gasteiger partial charge in [-0.3, -0.25) is 4.98 Å². The van der Waals surface area contributed by atoms with Gasteiger partial charge in [0.15, 0.2) is 5.82 Å². The fraction of sp³-hybridized carbons (Fsp3) is 0.368. The maximum atomic E-state index is 13.6. The van der Waals surface area contributed by atoms with Crippen molar-refractivity contribution in [1.29, 1.82) is 0 Å². The zero-order valence-electron chi connectivity index (χ0n) is 17.3. The van der Waals surface area contributed by atoms with Gasteiger partial charge in [0.2, 0.25) is 23.6 Å². The first-order valence-corrected chi connectivity index (χ1v) is 9.90. The standard InChI is InChI=1S/C19H14F8N8/c20-17(21)4-1-10(8-17)31-16-34-13(11-3-6-29-14(32-11)19(25,26)27)33-15(35-16)30-9-2-5-28-12(7-9)18(22,23)24/h2-3,5-7,10H,1,4,8H2,(H2,28,30,31,33,34,35)/t10-/m0/s1. The summed E-state index contributed by atoms with van der Waals surface area (Å²) in [5.41, 5.74) is -1.72. The average molecular weight is 506 g/mol. The molecule has 0 unspecified atom stereocenters. The maximum absolute atomic E-state index is 13.6. The molecule has 8 nitrogen and oxygen atoms in total. The van der Waals surface area contributed by atoms with Crippen LogP contribution in [0.1, 0.15) is 30.8 Å². The quantitative estimate of drug-likeness (QED) is 0.461. The predicted octanol–water partition coefficient (Wildman–Crippen LogP) is 5.10. The summed E-state index contributed by atoms with van der Waals surface area (Å²) in [5, 5.41) is 5.17. The lowest BCUT2D eigenvalue weighted by Crippen LogP contribution is -2.21. The van der Waals surface area contributed by atoms with Gasteiger partial charge in [-0.2, -0.15) is 41.3 Å². The molecule has 0 radical (unpaired) electrons. The van der Waals surface area contributed by atoms with Crippen molar-refractivity contribution in [2.75, 3.05) is 10.6 Å². The number of nitrogens with one attached hydrogen (secondary N) is 2. The molecule has 3 aromatic heterocycles.